The number of β-amino-alcohol motifs (C(OH)–C–C–N with tert-alkyl or cyclic N) is 1. The van der Waals surface area contributed by atoms with Gasteiger partial charge in [0.2, 0.25) is 0 Å². The molecule has 0 aliphatic carbocycles. The van der Waals surface area contributed by atoms with E-state index in [1.54, 1.807) is 0 Å². The fourth-order valence-electron chi connectivity index (χ4n) is 1.48. The third kappa shape index (κ3) is 3.77. The summed E-state index contributed by atoms with van der Waals surface area (Å²) < 4.78 is 39.2. The number of hydrogen-bond donors (Lipinski definition) is 2. The van der Waals surface area contributed by atoms with Gasteiger partial charge >= 0.3 is 18.2 Å². The van der Waals surface area contributed by atoms with E-state index in [0.29, 0.717) is 4.90 Å². The van der Waals surface area contributed by atoms with Crippen molar-refractivity contribution < 1.29 is 37.7 Å². The molecule has 1 heterocycles. The molecule has 0 radical (unpaired) electrons. The molecule has 2 unspecified atom stereocenters. The van der Waals surface area contributed by atoms with Crippen LogP contribution in [0, 0.1) is 0 Å². The van der Waals surface area contributed by atoms with E-state index in [1.807, 2.05) is 0 Å². The Hall–Kier alpha value is -1.51. The highest BCUT2D eigenvalue weighted by Gasteiger charge is 2.41. The first-order valence-electron chi connectivity index (χ1n) is 4.61. The first-order valence-corrected chi connectivity index (χ1v) is 4.61. The molecule has 17 heavy (non-hydrogen) atoms. The Bertz CT molecular complexity index is 319. The van der Waals surface area contributed by atoms with Gasteiger partial charge in [-0.05, 0) is 0 Å². The Morgan fingerprint density at radius 3 is 2.47 bits per heavy atom. The molecule has 1 aliphatic heterocycles. The molecule has 2 N–H and O–H groups in total. The number of halogens is 3. The van der Waals surface area contributed by atoms with Gasteiger partial charge in [-0.15, -0.1) is 0 Å². The molecule has 1 rings (SSSR count). The van der Waals surface area contributed by atoms with Gasteiger partial charge in [0.1, 0.15) is 6.04 Å². The zero-order chi connectivity index (χ0) is 13.2. The van der Waals surface area contributed by atoms with Gasteiger partial charge in [0, 0.05) is 6.42 Å². The number of rotatable bonds is 2. The van der Waals surface area contributed by atoms with Crippen molar-refractivity contribution >= 4 is 12.1 Å². The van der Waals surface area contributed by atoms with Gasteiger partial charge in [0.05, 0.1) is 12.6 Å². The summed E-state index contributed by atoms with van der Waals surface area (Å²) in [6.45, 7) is -2.14. The summed E-state index contributed by atoms with van der Waals surface area (Å²) in [6.07, 6.45) is -7.37. The summed E-state index contributed by atoms with van der Waals surface area (Å²) in [4.78, 5) is 22.4. The van der Waals surface area contributed by atoms with Crippen molar-refractivity contribution in [2.75, 3.05) is 13.2 Å². The standard InChI is InChI=1S/C8H10F3NO5/c9-8(10,11)3-17-7(16)12-2-4(13)1-5(12)6(14)15/h4-5,13H,1-3H2,(H,14,15). The minimum atomic E-state index is -4.67. The Morgan fingerprint density at radius 2 is 2.00 bits per heavy atom. The normalized spacial score (nSPS) is 24.8. The quantitative estimate of drug-likeness (QED) is 0.738. The fraction of sp³-hybridized carbons (Fsp3) is 0.750. The van der Waals surface area contributed by atoms with Crippen LogP contribution in [-0.4, -0.2) is 58.6 Å². The van der Waals surface area contributed by atoms with E-state index in [0.717, 1.165) is 0 Å². The molecule has 1 saturated heterocycles. The Balaban J connectivity index is 2.59. The van der Waals surface area contributed by atoms with Crippen molar-refractivity contribution in [3.8, 4) is 0 Å². The van der Waals surface area contributed by atoms with Gasteiger partial charge in [-0.25, -0.2) is 9.59 Å². The van der Waals surface area contributed by atoms with Crippen LogP contribution in [0.1, 0.15) is 6.42 Å². The number of nitrogens with zero attached hydrogens (tertiary/aromatic N) is 1. The van der Waals surface area contributed by atoms with Crippen molar-refractivity contribution in [2.24, 2.45) is 0 Å². The maximum Gasteiger partial charge on any atom is 0.422 e. The van der Waals surface area contributed by atoms with E-state index < -0.39 is 37.0 Å². The molecular formula is C8H10F3NO5. The molecule has 2 atom stereocenters. The minimum Gasteiger partial charge on any atom is -0.480 e. The van der Waals surface area contributed by atoms with Gasteiger partial charge in [0.25, 0.3) is 0 Å². The van der Waals surface area contributed by atoms with E-state index in [9.17, 15) is 22.8 Å². The predicted octanol–water partition coefficient (Wildman–Crippen LogP) is 0.205. The summed E-state index contributed by atoms with van der Waals surface area (Å²) >= 11 is 0. The van der Waals surface area contributed by atoms with Gasteiger partial charge in [-0.1, -0.05) is 0 Å². The SMILES string of the molecule is O=C(O)C1CC(O)CN1C(=O)OCC(F)(F)F. The molecule has 0 aromatic carbocycles. The van der Waals surface area contributed by atoms with Crippen molar-refractivity contribution in [3.63, 3.8) is 0 Å². The molecular weight excluding hydrogens is 247 g/mol. The number of aliphatic hydroxyl groups is 1. The fourth-order valence-corrected chi connectivity index (χ4v) is 1.48. The molecule has 9 heteroatoms. The molecule has 0 saturated carbocycles. The number of carbonyl (C=O) groups is 2. The van der Waals surface area contributed by atoms with Crippen LogP contribution in [0.25, 0.3) is 0 Å². The monoisotopic (exact) mass is 257 g/mol. The highest BCUT2D eigenvalue weighted by Crippen LogP contribution is 2.21. The third-order valence-electron chi connectivity index (χ3n) is 2.16. The van der Waals surface area contributed by atoms with E-state index in [4.69, 9.17) is 10.2 Å². The number of amides is 1. The van der Waals surface area contributed by atoms with Crippen LogP contribution in [0.5, 0.6) is 0 Å². The molecule has 6 nitrogen and oxygen atoms in total. The van der Waals surface area contributed by atoms with Crippen LogP contribution >= 0.6 is 0 Å². The number of carbonyl (C=O) groups excluding carboxylic acids is 1. The van der Waals surface area contributed by atoms with Crippen molar-refractivity contribution in [2.45, 2.75) is 24.7 Å². The number of aliphatic carboxylic acids is 1. The second kappa shape index (κ2) is 4.78. The first-order chi connectivity index (χ1) is 7.70. The molecule has 1 aliphatic rings. The Morgan fingerprint density at radius 1 is 1.41 bits per heavy atom. The largest absolute Gasteiger partial charge is 0.480 e. The number of carboxylic acid groups (broad SMARTS) is 1. The number of likely N-dealkylation sites (tertiary alicyclic amines) is 1. The topological polar surface area (TPSA) is 87.1 Å². The Labute approximate surface area is 93.6 Å². The maximum absolute atomic E-state index is 11.8. The molecule has 0 aromatic heterocycles. The van der Waals surface area contributed by atoms with Gasteiger partial charge in [-0.2, -0.15) is 13.2 Å². The zero-order valence-electron chi connectivity index (χ0n) is 8.48. The molecule has 0 bridgehead atoms. The lowest BCUT2D eigenvalue weighted by Crippen LogP contribution is -2.41. The van der Waals surface area contributed by atoms with Crippen LogP contribution in [-0.2, 0) is 9.53 Å². The molecule has 1 fully saturated rings. The molecule has 98 valence electrons. The summed E-state index contributed by atoms with van der Waals surface area (Å²) in [7, 11) is 0. The Kier molecular flexibility index (Phi) is 3.81. The van der Waals surface area contributed by atoms with Crippen molar-refractivity contribution in [1.29, 1.82) is 0 Å². The number of aliphatic hydroxyl groups excluding tert-OH is 1. The van der Waals surface area contributed by atoms with Crippen molar-refractivity contribution in [3.05, 3.63) is 0 Å². The van der Waals surface area contributed by atoms with E-state index in [-0.39, 0.29) is 13.0 Å². The van der Waals surface area contributed by atoms with Crippen LogP contribution < -0.4 is 0 Å². The second-order valence-corrected chi connectivity index (χ2v) is 3.57. The minimum absolute atomic E-state index is 0.226. The van der Waals surface area contributed by atoms with Crippen molar-refractivity contribution in [1.82, 2.24) is 4.90 Å². The average Bonchev–Trinajstić information content (AvgIpc) is 2.55. The number of hydrogen-bond acceptors (Lipinski definition) is 4. The first kappa shape index (κ1) is 13.6. The smallest absolute Gasteiger partial charge is 0.422 e. The highest BCUT2D eigenvalue weighted by atomic mass is 19.4. The summed E-state index contributed by atoms with van der Waals surface area (Å²) in [6, 6.07) is -1.36. The summed E-state index contributed by atoms with van der Waals surface area (Å²) in [5.74, 6) is -1.40. The highest BCUT2D eigenvalue weighted by molar-refractivity contribution is 5.80. The number of ether oxygens (including phenoxy) is 1. The van der Waals surface area contributed by atoms with Gasteiger partial charge in [-0.3, -0.25) is 4.90 Å². The van der Waals surface area contributed by atoms with Gasteiger partial charge < -0.3 is 14.9 Å². The van der Waals surface area contributed by atoms with Crippen LogP contribution in [0.3, 0.4) is 0 Å². The zero-order valence-corrected chi connectivity index (χ0v) is 8.48. The van der Waals surface area contributed by atoms with E-state index in [1.165, 1.54) is 0 Å². The van der Waals surface area contributed by atoms with Crippen LogP contribution in [0.4, 0.5) is 18.0 Å². The predicted molar refractivity (Wildman–Crippen MR) is 46.2 cm³/mol. The average molecular weight is 257 g/mol. The summed E-state index contributed by atoms with van der Waals surface area (Å²) in [5.41, 5.74) is 0. The lowest BCUT2D eigenvalue weighted by molar-refractivity contribution is -0.163. The molecule has 0 spiro atoms. The van der Waals surface area contributed by atoms with E-state index >= 15 is 0 Å². The molecule has 0 aromatic rings. The van der Waals surface area contributed by atoms with Gasteiger partial charge in [0.15, 0.2) is 6.61 Å². The lowest BCUT2D eigenvalue weighted by Gasteiger charge is -2.20. The number of alkyl halides is 3. The van der Waals surface area contributed by atoms with Crippen LogP contribution in [0.15, 0.2) is 0 Å². The maximum atomic E-state index is 11.8. The summed E-state index contributed by atoms with van der Waals surface area (Å²) in [5, 5.41) is 17.9. The second-order valence-electron chi connectivity index (χ2n) is 3.57. The van der Waals surface area contributed by atoms with Crippen LogP contribution in [0.2, 0.25) is 0 Å². The molecule has 1 amide bonds. The third-order valence-corrected chi connectivity index (χ3v) is 2.16. The lowest BCUT2D eigenvalue weighted by atomic mass is 10.2. The number of carboxylic acids is 1. The van der Waals surface area contributed by atoms with E-state index in [2.05, 4.69) is 4.74 Å².